The molecule has 0 spiro atoms. The molecule has 4 rings (SSSR count). The van der Waals surface area contributed by atoms with Gasteiger partial charge in [0.05, 0.1) is 25.3 Å². The van der Waals surface area contributed by atoms with Gasteiger partial charge in [0.1, 0.15) is 18.5 Å². The third-order valence-electron chi connectivity index (χ3n) is 6.23. The van der Waals surface area contributed by atoms with Crippen molar-refractivity contribution in [2.45, 2.75) is 39.4 Å². The largest absolute Gasteiger partial charge is 0.462 e. The number of benzene rings is 2. The molecule has 0 aliphatic carbocycles. The summed E-state index contributed by atoms with van der Waals surface area (Å²) in [6.45, 7) is 4.42. The molecule has 11 heteroatoms. The van der Waals surface area contributed by atoms with Crippen LogP contribution in [0, 0.1) is 0 Å². The van der Waals surface area contributed by atoms with Crippen molar-refractivity contribution in [2.24, 2.45) is 0 Å². The Morgan fingerprint density at radius 1 is 1.00 bits per heavy atom. The van der Waals surface area contributed by atoms with Crippen molar-refractivity contribution in [3.8, 4) is 11.1 Å². The number of amides is 3. The predicted molar refractivity (Wildman–Crippen MR) is 151 cm³/mol. The van der Waals surface area contributed by atoms with Crippen molar-refractivity contribution in [3.05, 3.63) is 78.0 Å². The summed E-state index contributed by atoms with van der Waals surface area (Å²) in [6, 6.07) is 17.5. The van der Waals surface area contributed by atoms with Gasteiger partial charge in [0, 0.05) is 24.4 Å². The van der Waals surface area contributed by atoms with Crippen LogP contribution >= 0.6 is 0 Å². The fraction of sp³-hybridized carbons (Fsp3) is 0.300. The number of carbonyl (C=O) groups is 4. The first-order valence-electron chi connectivity index (χ1n) is 13.3. The minimum atomic E-state index is -0.619. The maximum absolute atomic E-state index is 12.2. The number of hydrogen-bond donors (Lipinski definition) is 2. The summed E-state index contributed by atoms with van der Waals surface area (Å²) in [4.78, 5) is 53.4. The van der Waals surface area contributed by atoms with E-state index in [4.69, 9.17) is 14.2 Å². The van der Waals surface area contributed by atoms with Gasteiger partial charge in [-0.3, -0.25) is 15.0 Å². The van der Waals surface area contributed by atoms with E-state index in [1.807, 2.05) is 37.3 Å². The molecule has 1 atom stereocenters. The minimum absolute atomic E-state index is 0.0713. The van der Waals surface area contributed by atoms with Crippen LogP contribution in [0.25, 0.3) is 11.1 Å². The second-order valence-corrected chi connectivity index (χ2v) is 9.42. The fourth-order valence-electron chi connectivity index (χ4n) is 3.97. The highest BCUT2D eigenvalue weighted by Gasteiger charge is 2.33. The molecule has 214 valence electrons. The van der Waals surface area contributed by atoms with Crippen molar-refractivity contribution in [1.82, 2.24) is 10.3 Å². The van der Waals surface area contributed by atoms with Crippen LogP contribution in [-0.2, 0) is 25.6 Å². The number of ether oxygens (including phenoxy) is 3. The lowest BCUT2D eigenvalue weighted by Crippen LogP contribution is -2.33. The number of carbonyl (C=O) groups excluding carboxylic acids is 4. The van der Waals surface area contributed by atoms with Crippen LogP contribution in [0.2, 0.25) is 0 Å². The summed E-state index contributed by atoms with van der Waals surface area (Å²) in [7, 11) is 0. The van der Waals surface area contributed by atoms with Crippen molar-refractivity contribution in [3.63, 3.8) is 0 Å². The highest BCUT2D eigenvalue weighted by atomic mass is 16.6. The van der Waals surface area contributed by atoms with Crippen molar-refractivity contribution in [1.29, 1.82) is 0 Å². The average Bonchev–Trinajstić information content (AvgIpc) is 3.36. The molecule has 1 aliphatic rings. The molecule has 0 unspecified atom stereocenters. The zero-order valence-corrected chi connectivity index (χ0v) is 22.9. The van der Waals surface area contributed by atoms with Gasteiger partial charge in [0.15, 0.2) is 0 Å². The van der Waals surface area contributed by atoms with Crippen LogP contribution in [0.3, 0.4) is 0 Å². The summed E-state index contributed by atoms with van der Waals surface area (Å²) in [5.74, 6) is -0.123. The number of unbranched alkanes of at least 4 members (excludes halogenated alkanes) is 1. The Hall–Kier alpha value is -4.93. The Morgan fingerprint density at radius 3 is 2.39 bits per heavy atom. The van der Waals surface area contributed by atoms with E-state index < -0.39 is 24.3 Å². The summed E-state index contributed by atoms with van der Waals surface area (Å²) in [5, 5.41) is 5.28. The lowest BCUT2D eigenvalue weighted by molar-refractivity contribution is -0.119. The highest BCUT2D eigenvalue weighted by Crippen LogP contribution is 2.24. The first-order chi connectivity index (χ1) is 19.8. The average molecular weight is 561 g/mol. The number of rotatable bonds is 11. The molecule has 0 radical (unpaired) electrons. The lowest BCUT2D eigenvalue weighted by Gasteiger charge is -2.12. The van der Waals surface area contributed by atoms with Crippen LogP contribution in [0.5, 0.6) is 0 Å². The monoisotopic (exact) mass is 560 g/mol. The molecule has 2 heterocycles. The minimum Gasteiger partial charge on any atom is -0.462 e. The Balaban J connectivity index is 1.24. The SMILES string of the molecule is CCCCOC(=O)c1ccc(NC(=O)OCc2ccc(-c3ccc(N4C[C@H](CNC(C)=O)OC4=O)nc3)cc2)cc1. The van der Waals surface area contributed by atoms with Gasteiger partial charge in [-0.15, -0.1) is 0 Å². The van der Waals surface area contributed by atoms with E-state index in [0.29, 0.717) is 30.2 Å². The Bertz CT molecular complexity index is 1360. The van der Waals surface area contributed by atoms with E-state index in [0.717, 1.165) is 29.5 Å². The third kappa shape index (κ3) is 8.28. The molecule has 1 aliphatic heterocycles. The molecular weight excluding hydrogens is 528 g/mol. The maximum Gasteiger partial charge on any atom is 0.416 e. The topological polar surface area (TPSA) is 136 Å². The second-order valence-electron chi connectivity index (χ2n) is 9.42. The van der Waals surface area contributed by atoms with Crippen molar-refractivity contribution < 1.29 is 33.4 Å². The Labute approximate surface area is 237 Å². The molecule has 3 amide bonds. The quantitative estimate of drug-likeness (QED) is 0.192. The van der Waals surface area contributed by atoms with Gasteiger partial charge in [-0.1, -0.05) is 37.6 Å². The van der Waals surface area contributed by atoms with E-state index in [-0.39, 0.29) is 19.1 Å². The fourth-order valence-corrected chi connectivity index (χ4v) is 3.97. The van der Waals surface area contributed by atoms with Gasteiger partial charge in [-0.2, -0.15) is 0 Å². The van der Waals surface area contributed by atoms with Crippen LogP contribution in [-0.4, -0.2) is 54.8 Å². The molecular formula is C30H32N4O7. The lowest BCUT2D eigenvalue weighted by atomic mass is 10.1. The first-order valence-corrected chi connectivity index (χ1v) is 13.3. The van der Waals surface area contributed by atoms with E-state index in [1.54, 1.807) is 36.5 Å². The maximum atomic E-state index is 12.2. The van der Waals surface area contributed by atoms with Gasteiger partial charge < -0.3 is 19.5 Å². The van der Waals surface area contributed by atoms with Crippen molar-refractivity contribution in [2.75, 3.05) is 29.9 Å². The van der Waals surface area contributed by atoms with Gasteiger partial charge in [0.2, 0.25) is 5.91 Å². The van der Waals surface area contributed by atoms with E-state index in [2.05, 4.69) is 15.6 Å². The molecule has 1 fully saturated rings. The number of nitrogens with zero attached hydrogens (tertiary/aromatic N) is 2. The molecule has 41 heavy (non-hydrogen) atoms. The smallest absolute Gasteiger partial charge is 0.416 e. The van der Waals surface area contributed by atoms with Crippen molar-refractivity contribution >= 4 is 35.6 Å². The molecule has 2 N–H and O–H groups in total. The first kappa shape index (κ1) is 29.1. The summed E-state index contributed by atoms with van der Waals surface area (Å²) < 4.78 is 15.8. The summed E-state index contributed by atoms with van der Waals surface area (Å²) in [6.07, 6.45) is 1.86. The zero-order chi connectivity index (χ0) is 29.2. The number of pyridine rings is 1. The van der Waals surface area contributed by atoms with Crippen LogP contribution in [0.15, 0.2) is 66.9 Å². The predicted octanol–water partition coefficient (Wildman–Crippen LogP) is 4.92. The molecule has 2 aromatic carbocycles. The van der Waals surface area contributed by atoms with E-state index >= 15 is 0 Å². The Morgan fingerprint density at radius 2 is 1.73 bits per heavy atom. The molecule has 3 aromatic rings. The standard InChI is InChI=1S/C30H32N4O7/c1-3-4-15-39-28(36)23-9-12-25(13-10-23)33-29(37)40-19-21-5-7-22(8-6-21)24-11-14-27(32-16-24)34-18-26(41-30(34)38)17-31-20(2)35/h5-14,16,26H,3-4,15,17-19H2,1-2H3,(H,31,35)(H,33,37)/t26-/m0/s1. The van der Waals surface area contributed by atoms with E-state index in [1.165, 1.54) is 11.8 Å². The molecule has 11 nitrogen and oxygen atoms in total. The van der Waals surface area contributed by atoms with Crippen LogP contribution in [0.1, 0.15) is 42.6 Å². The Kier molecular flexibility index (Phi) is 9.87. The number of esters is 1. The van der Waals surface area contributed by atoms with Gasteiger partial charge in [-0.25, -0.2) is 19.4 Å². The summed E-state index contributed by atoms with van der Waals surface area (Å²) >= 11 is 0. The molecule has 1 saturated heterocycles. The molecule has 0 saturated carbocycles. The van der Waals surface area contributed by atoms with Gasteiger partial charge in [-0.05, 0) is 53.9 Å². The van der Waals surface area contributed by atoms with E-state index in [9.17, 15) is 19.2 Å². The van der Waals surface area contributed by atoms with Gasteiger partial charge in [0.25, 0.3) is 0 Å². The normalized spacial score (nSPS) is 14.2. The van der Waals surface area contributed by atoms with Crippen LogP contribution in [0.4, 0.5) is 21.1 Å². The molecule has 0 bridgehead atoms. The number of cyclic esters (lactones) is 1. The third-order valence-corrected chi connectivity index (χ3v) is 6.23. The number of anilines is 2. The number of aromatic nitrogens is 1. The van der Waals surface area contributed by atoms with Gasteiger partial charge >= 0.3 is 18.2 Å². The number of nitrogens with one attached hydrogen (secondary N) is 2. The second kappa shape index (κ2) is 13.9. The number of hydrogen-bond acceptors (Lipinski definition) is 8. The van der Waals surface area contributed by atoms with Crippen LogP contribution < -0.4 is 15.5 Å². The highest BCUT2D eigenvalue weighted by molar-refractivity contribution is 5.91. The molecule has 1 aromatic heterocycles. The zero-order valence-electron chi connectivity index (χ0n) is 22.9. The summed E-state index contributed by atoms with van der Waals surface area (Å²) in [5.41, 5.74) is 3.45.